The highest BCUT2D eigenvalue weighted by Gasteiger charge is 2.15. The molecule has 0 aliphatic carbocycles. The molecule has 0 saturated carbocycles. The topological polar surface area (TPSA) is 134 Å². The number of allylic oxidation sites excluding steroid dienone is 2. The lowest BCUT2D eigenvalue weighted by molar-refractivity contribution is -0.385. The number of benzene rings is 3. The number of hydrogen-bond donors (Lipinski definition) is 0. The third kappa shape index (κ3) is 4.69. The van der Waals surface area contributed by atoms with Gasteiger partial charge in [0, 0.05) is 24.3 Å². The number of nitro benzene ring substituents is 2. The Hall–Kier alpha value is -4.99. The molecule has 1 aromatic heterocycles. The lowest BCUT2D eigenvalue weighted by Gasteiger charge is -2.06. The molecule has 33 heavy (non-hydrogen) atoms. The van der Waals surface area contributed by atoms with Gasteiger partial charge in [-0.3, -0.25) is 25.0 Å². The van der Waals surface area contributed by atoms with E-state index >= 15 is 0 Å². The Labute approximate surface area is 186 Å². The SMILES string of the molecule is O=C(/C=C\c1ccc([N+](=O)[O-])cc1)/C(=C/c1ccc([N+](=O)[O-])cc1)n1nnc2ccccc21. The predicted molar refractivity (Wildman–Crippen MR) is 122 cm³/mol. The zero-order chi connectivity index (χ0) is 23.4. The molecule has 4 aromatic rings. The number of para-hydroxylation sites is 1. The quantitative estimate of drug-likeness (QED) is 0.234. The molecule has 0 amide bonds. The standard InChI is InChI=1S/C23H15N5O5/c29-23(14-9-16-5-10-18(11-6-16)27(30)31)22(15-17-7-12-19(13-8-17)28(32)33)26-21-4-2-1-3-20(21)24-25-26/h1-15H/b14-9-,22-15-. The number of rotatable bonds is 7. The Morgan fingerprint density at radius 1 is 0.818 bits per heavy atom. The first-order valence-electron chi connectivity index (χ1n) is 9.66. The van der Waals surface area contributed by atoms with Crippen LogP contribution in [0.25, 0.3) is 28.9 Å². The van der Waals surface area contributed by atoms with Crippen LogP contribution >= 0.6 is 0 Å². The molecule has 0 fully saturated rings. The van der Waals surface area contributed by atoms with Gasteiger partial charge in [0.15, 0.2) is 0 Å². The van der Waals surface area contributed by atoms with Crippen LogP contribution < -0.4 is 0 Å². The van der Waals surface area contributed by atoms with Crippen LogP contribution in [-0.4, -0.2) is 30.6 Å². The molecule has 162 valence electrons. The lowest BCUT2D eigenvalue weighted by Crippen LogP contribution is -2.08. The average Bonchev–Trinajstić information content (AvgIpc) is 3.25. The van der Waals surface area contributed by atoms with Crippen molar-refractivity contribution in [1.29, 1.82) is 0 Å². The Morgan fingerprint density at radius 2 is 1.39 bits per heavy atom. The van der Waals surface area contributed by atoms with Crippen LogP contribution in [0.1, 0.15) is 11.1 Å². The predicted octanol–water partition coefficient (Wildman–Crippen LogP) is 4.53. The van der Waals surface area contributed by atoms with Gasteiger partial charge in [-0.1, -0.05) is 23.4 Å². The number of aromatic nitrogens is 3. The number of ketones is 1. The van der Waals surface area contributed by atoms with Crippen molar-refractivity contribution < 1.29 is 14.6 Å². The van der Waals surface area contributed by atoms with E-state index in [0.717, 1.165) is 0 Å². The van der Waals surface area contributed by atoms with Gasteiger partial charge in [-0.05, 0) is 59.7 Å². The molecule has 0 radical (unpaired) electrons. The number of hydrogen-bond acceptors (Lipinski definition) is 7. The summed E-state index contributed by atoms with van der Waals surface area (Å²) in [6.07, 6.45) is 4.43. The van der Waals surface area contributed by atoms with Crippen molar-refractivity contribution in [3.8, 4) is 0 Å². The summed E-state index contributed by atoms with van der Waals surface area (Å²) >= 11 is 0. The molecule has 10 heteroatoms. The first kappa shape index (κ1) is 21.2. The van der Waals surface area contributed by atoms with Crippen molar-refractivity contribution in [2.75, 3.05) is 0 Å². The maximum atomic E-state index is 13.2. The average molecular weight is 441 g/mol. The highest BCUT2D eigenvalue weighted by molar-refractivity contribution is 6.26. The van der Waals surface area contributed by atoms with E-state index in [1.807, 2.05) is 0 Å². The van der Waals surface area contributed by atoms with E-state index in [-0.39, 0.29) is 17.1 Å². The fourth-order valence-corrected chi connectivity index (χ4v) is 3.10. The Balaban J connectivity index is 1.72. The molecule has 1 heterocycles. The summed E-state index contributed by atoms with van der Waals surface area (Å²) in [5.74, 6) is -0.401. The van der Waals surface area contributed by atoms with Crippen LogP contribution in [0.2, 0.25) is 0 Å². The molecular weight excluding hydrogens is 426 g/mol. The Bertz CT molecular complexity index is 1420. The number of nitro groups is 2. The summed E-state index contributed by atoms with van der Waals surface area (Å²) in [5.41, 5.74) is 2.44. The molecule has 0 aliphatic heterocycles. The van der Waals surface area contributed by atoms with Gasteiger partial charge in [-0.25, -0.2) is 4.68 Å². The summed E-state index contributed by atoms with van der Waals surface area (Å²) in [6, 6.07) is 18.7. The molecular formula is C23H15N5O5. The van der Waals surface area contributed by atoms with Gasteiger partial charge in [0.25, 0.3) is 11.4 Å². The summed E-state index contributed by atoms with van der Waals surface area (Å²) < 4.78 is 1.40. The molecule has 0 saturated heterocycles. The molecule has 0 N–H and O–H groups in total. The van der Waals surface area contributed by atoms with Crippen molar-refractivity contribution in [1.82, 2.24) is 15.0 Å². The molecule has 4 rings (SSSR count). The number of carbonyl (C=O) groups is 1. The van der Waals surface area contributed by atoms with Crippen LogP contribution in [0.15, 0.2) is 78.9 Å². The van der Waals surface area contributed by atoms with E-state index in [0.29, 0.717) is 22.2 Å². The van der Waals surface area contributed by atoms with Crippen molar-refractivity contribution in [3.63, 3.8) is 0 Å². The third-order valence-electron chi connectivity index (χ3n) is 4.77. The third-order valence-corrected chi connectivity index (χ3v) is 4.77. The van der Waals surface area contributed by atoms with Crippen LogP contribution in [0, 0.1) is 20.2 Å². The summed E-state index contributed by atoms with van der Waals surface area (Å²) in [6.45, 7) is 0. The van der Waals surface area contributed by atoms with Crippen LogP contribution in [0.3, 0.4) is 0 Å². The number of fused-ring (bicyclic) bond motifs is 1. The minimum Gasteiger partial charge on any atom is -0.288 e. The smallest absolute Gasteiger partial charge is 0.269 e. The summed E-state index contributed by atoms with van der Waals surface area (Å²) in [7, 11) is 0. The van der Waals surface area contributed by atoms with Crippen molar-refractivity contribution in [2.45, 2.75) is 0 Å². The molecule has 0 unspecified atom stereocenters. The van der Waals surface area contributed by atoms with Crippen LogP contribution in [-0.2, 0) is 4.79 Å². The first-order valence-corrected chi connectivity index (χ1v) is 9.66. The highest BCUT2D eigenvalue weighted by atomic mass is 16.6. The molecule has 0 atom stereocenters. The second-order valence-electron chi connectivity index (χ2n) is 6.91. The van der Waals surface area contributed by atoms with Crippen LogP contribution in [0.4, 0.5) is 11.4 Å². The second kappa shape index (κ2) is 9.02. The summed E-state index contributed by atoms with van der Waals surface area (Å²) in [5, 5.41) is 29.9. The number of carbonyl (C=O) groups excluding carboxylic acids is 1. The lowest BCUT2D eigenvalue weighted by atomic mass is 10.1. The normalized spacial score (nSPS) is 11.7. The van der Waals surface area contributed by atoms with Gasteiger partial charge in [0.2, 0.25) is 5.78 Å². The van der Waals surface area contributed by atoms with E-state index in [4.69, 9.17) is 0 Å². The molecule has 0 bridgehead atoms. The zero-order valence-corrected chi connectivity index (χ0v) is 16.9. The van der Waals surface area contributed by atoms with E-state index in [1.54, 1.807) is 30.3 Å². The van der Waals surface area contributed by atoms with Crippen molar-refractivity contribution in [3.05, 3.63) is 110 Å². The van der Waals surface area contributed by atoms with Gasteiger partial charge >= 0.3 is 0 Å². The maximum Gasteiger partial charge on any atom is 0.269 e. The molecule has 10 nitrogen and oxygen atoms in total. The van der Waals surface area contributed by atoms with Crippen molar-refractivity contribution >= 4 is 46.0 Å². The monoisotopic (exact) mass is 441 g/mol. The number of nitrogens with zero attached hydrogens (tertiary/aromatic N) is 5. The minimum absolute atomic E-state index is 0.0497. The zero-order valence-electron chi connectivity index (χ0n) is 16.9. The second-order valence-corrected chi connectivity index (χ2v) is 6.91. The van der Waals surface area contributed by atoms with E-state index in [2.05, 4.69) is 10.3 Å². The van der Waals surface area contributed by atoms with Gasteiger partial charge in [0.1, 0.15) is 11.2 Å². The van der Waals surface area contributed by atoms with Gasteiger partial charge in [-0.2, -0.15) is 0 Å². The van der Waals surface area contributed by atoms with Crippen LogP contribution in [0.5, 0.6) is 0 Å². The summed E-state index contributed by atoms with van der Waals surface area (Å²) in [4.78, 5) is 33.9. The highest BCUT2D eigenvalue weighted by Crippen LogP contribution is 2.21. The molecule has 0 spiro atoms. The van der Waals surface area contributed by atoms with Gasteiger partial charge in [0.05, 0.1) is 15.4 Å². The molecule has 0 aliphatic rings. The molecule has 3 aromatic carbocycles. The maximum absolute atomic E-state index is 13.2. The van der Waals surface area contributed by atoms with E-state index < -0.39 is 15.6 Å². The van der Waals surface area contributed by atoms with E-state index in [9.17, 15) is 25.0 Å². The van der Waals surface area contributed by atoms with Crippen molar-refractivity contribution in [2.24, 2.45) is 0 Å². The number of non-ortho nitro benzene ring substituents is 2. The van der Waals surface area contributed by atoms with Gasteiger partial charge < -0.3 is 0 Å². The fraction of sp³-hybridized carbons (Fsp3) is 0. The van der Waals surface area contributed by atoms with Gasteiger partial charge in [-0.15, -0.1) is 5.10 Å². The fourth-order valence-electron chi connectivity index (χ4n) is 3.10. The first-order chi connectivity index (χ1) is 15.9. The van der Waals surface area contributed by atoms with E-state index in [1.165, 1.54) is 65.4 Å². The largest absolute Gasteiger partial charge is 0.288 e. The Morgan fingerprint density at radius 3 is 2.00 bits per heavy atom. The minimum atomic E-state index is -0.503. The Kier molecular flexibility index (Phi) is 5.81.